The van der Waals surface area contributed by atoms with Crippen molar-refractivity contribution < 1.29 is 42.8 Å². The van der Waals surface area contributed by atoms with Gasteiger partial charge in [-0.2, -0.15) is 0 Å². The Morgan fingerprint density at radius 1 is 0.689 bits per heavy atom. The van der Waals surface area contributed by atoms with Crippen molar-refractivity contribution in [2.75, 3.05) is 59.3 Å². The van der Waals surface area contributed by atoms with E-state index in [0.717, 1.165) is 38.5 Å². The van der Waals surface area contributed by atoms with Gasteiger partial charge in [0, 0.05) is 49.8 Å². The number of hydrogen-bond acceptors (Lipinski definition) is 11. The Bertz CT molecular complexity index is 757. The molecule has 0 spiro atoms. The summed E-state index contributed by atoms with van der Waals surface area (Å²) < 4.78 is 32.7. The summed E-state index contributed by atoms with van der Waals surface area (Å²) in [4.78, 5) is 36.0. The van der Waals surface area contributed by atoms with Gasteiger partial charge >= 0.3 is 18.2 Å². The lowest BCUT2D eigenvalue weighted by Crippen LogP contribution is -2.33. The number of ether oxygens (including phenoxy) is 6. The highest BCUT2D eigenvalue weighted by Gasteiger charge is 2.18. The van der Waals surface area contributed by atoms with Crippen molar-refractivity contribution in [3.63, 3.8) is 0 Å². The maximum atomic E-state index is 12.3. The van der Waals surface area contributed by atoms with Crippen LogP contribution in [0.25, 0.3) is 0 Å². The van der Waals surface area contributed by atoms with Gasteiger partial charge in [0.25, 0.3) is 0 Å². The third-order valence-electron chi connectivity index (χ3n) is 6.15. The second-order valence-corrected chi connectivity index (χ2v) is 14.4. The van der Waals surface area contributed by atoms with Crippen LogP contribution < -0.4 is 10.6 Å². The van der Waals surface area contributed by atoms with Gasteiger partial charge in [0.15, 0.2) is 0 Å². The van der Waals surface area contributed by atoms with E-state index in [0.29, 0.717) is 89.1 Å². The van der Waals surface area contributed by atoms with E-state index in [1.165, 1.54) is 0 Å². The lowest BCUT2D eigenvalue weighted by molar-refractivity contribution is -0.144. The topological polar surface area (TPSA) is 131 Å². The Morgan fingerprint density at radius 3 is 1.89 bits per heavy atom. The van der Waals surface area contributed by atoms with Crippen LogP contribution in [0, 0.1) is 0 Å². The van der Waals surface area contributed by atoms with Crippen LogP contribution in [0.5, 0.6) is 0 Å². The quantitative estimate of drug-likeness (QED) is 0.0386. The van der Waals surface area contributed by atoms with Gasteiger partial charge in [0.2, 0.25) is 0 Å². The summed E-state index contributed by atoms with van der Waals surface area (Å²) in [6, 6.07) is 0. The molecule has 13 heteroatoms. The minimum absolute atomic E-state index is 0.0839. The van der Waals surface area contributed by atoms with Gasteiger partial charge in [-0.05, 0) is 73.1 Å². The SMILES string of the molecule is CCCC(CCOC(=O)CCC(COCC)OCC)SSC(CCC)CCOC(=O)NCCOCCCNC(=O)OC(C)(C)C. The molecule has 0 aromatic rings. The van der Waals surface area contributed by atoms with Crippen LogP contribution in [0.2, 0.25) is 0 Å². The molecule has 0 rings (SSSR count). The van der Waals surface area contributed by atoms with E-state index in [9.17, 15) is 14.4 Å². The molecular formula is C32H62N2O9S2. The molecule has 0 bridgehead atoms. The molecule has 0 heterocycles. The smallest absolute Gasteiger partial charge is 0.407 e. The standard InChI is InChI=1S/C32H62N2O9S2/c1-8-13-27(17-22-41-29(35)16-15-26(40-11-4)25-38-10-3)44-45-28(14-9-2)18-23-42-30(36)34-20-24-39-21-12-19-33-31(37)43-32(5,6)7/h26-28H,8-25H2,1-7H3,(H,33,37)(H,34,36). The van der Waals surface area contributed by atoms with E-state index < -0.39 is 17.8 Å². The van der Waals surface area contributed by atoms with Crippen LogP contribution in [0.1, 0.15) is 106 Å². The molecule has 0 aliphatic heterocycles. The van der Waals surface area contributed by atoms with Crippen molar-refractivity contribution in [1.29, 1.82) is 0 Å². The number of carbonyl (C=O) groups is 3. The fourth-order valence-corrected chi connectivity index (χ4v) is 7.44. The van der Waals surface area contributed by atoms with Gasteiger partial charge in [-0.15, -0.1) is 0 Å². The molecule has 0 saturated heterocycles. The minimum Gasteiger partial charge on any atom is -0.466 e. The fraction of sp³-hybridized carbons (Fsp3) is 0.906. The van der Waals surface area contributed by atoms with Crippen LogP contribution in [0.15, 0.2) is 0 Å². The fourth-order valence-electron chi connectivity index (χ4n) is 3.98. The average molecular weight is 683 g/mol. The zero-order chi connectivity index (χ0) is 33.8. The van der Waals surface area contributed by atoms with Crippen molar-refractivity contribution in [3.05, 3.63) is 0 Å². The van der Waals surface area contributed by atoms with Crippen LogP contribution in [0.4, 0.5) is 9.59 Å². The normalized spacial score (nSPS) is 13.5. The van der Waals surface area contributed by atoms with Crippen LogP contribution in [0.3, 0.4) is 0 Å². The zero-order valence-corrected chi connectivity index (χ0v) is 30.6. The summed E-state index contributed by atoms with van der Waals surface area (Å²) >= 11 is 0. The Balaban J connectivity index is 4.16. The van der Waals surface area contributed by atoms with Gasteiger partial charge in [0.1, 0.15) is 5.60 Å². The first-order valence-corrected chi connectivity index (χ1v) is 18.9. The molecule has 2 amide bonds. The molecule has 45 heavy (non-hydrogen) atoms. The first kappa shape index (κ1) is 43.6. The lowest BCUT2D eigenvalue weighted by Gasteiger charge is -2.20. The number of alkyl carbamates (subject to hydrolysis) is 2. The van der Waals surface area contributed by atoms with E-state index in [2.05, 4.69) is 24.5 Å². The van der Waals surface area contributed by atoms with Crippen molar-refractivity contribution in [2.45, 2.75) is 128 Å². The molecule has 0 aliphatic carbocycles. The molecule has 0 radical (unpaired) electrons. The molecule has 266 valence electrons. The third-order valence-corrected chi connectivity index (χ3v) is 9.72. The highest BCUT2D eigenvalue weighted by molar-refractivity contribution is 8.77. The Labute approximate surface area is 280 Å². The highest BCUT2D eigenvalue weighted by atomic mass is 33.1. The third kappa shape index (κ3) is 28.5. The summed E-state index contributed by atoms with van der Waals surface area (Å²) in [5.41, 5.74) is -0.522. The van der Waals surface area contributed by atoms with Crippen LogP contribution in [-0.4, -0.2) is 99.7 Å². The summed E-state index contributed by atoms with van der Waals surface area (Å²) in [5, 5.41) is 6.15. The van der Waals surface area contributed by atoms with Crippen molar-refractivity contribution >= 4 is 39.7 Å². The van der Waals surface area contributed by atoms with E-state index in [1.807, 2.05) is 56.2 Å². The van der Waals surface area contributed by atoms with Gasteiger partial charge < -0.3 is 39.1 Å². The van der Waals surface area contributed by atoms with Crippen molar-refractivity contribution in [1.82, 2.24) is 10.6 Å². The first-order valence-electron chi connectivity index (χ1n) is 16.7. The highest BCUT2D eigenvalue weighted by Crippen LogP contribution is 2.38. The van der Waals surface area contributed by atoms with Gasteiger partial charge in [-0.1, -0.05) is 48.3 Å². The maximum absolute atomic E-state index is 12.3. The number of hydrogen-bond donors (Lipinski definition) is 2. The Hall–Kier alpha value is -1.41. The van der Waals surface area contributed by atoms with Crippen molar-refractivity contribution in [2.24, 2.45) is 0 Å². The number of rotatable bonds is 28. The largest absolute Gasteiger partial charge is 0.466 e. The predicted octanol–water partition coefficient (Wildman–Crippen LogP) is 6.91. The summed E-state index contributed by atoms with van der Waals surface area (Å²) in [5.74, 6) is -0.192. The summed E-state index contributed by atoms with van der Waals surface area (Å²) in [6.45, 7) is 17.8. The predicted molar refractivity (Wildman–Crippen MR) is 183 cm³/mol. The van der Waals surface area contributed by atoms with E-state index in [-0.39, 0.29) is 12.1 Å². The van der Waals surface area contributed by atoms with E-state index in [4.69, 9.17) is 28.4 Å². The molecular weight excluding hydrogens is 620 g/mol. The molecule has 3 atom stereocenters. The molecule has 0 aromatic heterocycles. The van der Waals surface area contributed by atoms with Crippen LogP contribution >= 0.6 is 21.6 Å². The Morgan fingerprint density at radius 2 is 1.31 bits per heavy atom. The Kier molecular flexibility index (Phi) is 27.9. The van der Waals surface area contributed by atoms with Crippen LogP contribution in [-0.2, 0) is 33.2 Å². The lowest BCUT2D eigenvalue weighted by atomic mass is 10.2. The molecule has 0 fully saturated rings. The molecule has 3 unspecified atom stereocenters. The second kappa shape index (κ2) is 28.8. The first-order chi connectivity index (χ1) is 21.5. The molecule has 11 nitrogen and oxygen atoms in total. The average Bonchev–Trinajstić information content (AvgIpc) is 2.97. The molecule has 0 saturated carbocycles. The van der Waals surface area contributed by atoms with Gasteiger partial charge in [-0.25, -0.2) is 9.59 Å². The van der Waals surface area contributed by atoms with E-state index >= 15 is 0 Å². The molecule has 0 aliphatic rings. The minimum atomic E-state index is -0.522. The number of esters is 1. The van der Waals surface area contributed by atoms with Gasteiger partial charge in [-0.3, -0.25) is 4.79 Å². The maximum Gasteiger partial charge on any atom is 0.407 e. The van der Waals surface area contributed by atoms with E-state index in [1.54, 1.807) is 0 Å². The number of nitrogens with one attached hydrogen (secondary N) is 2. The number of carbonyl (C=O) groups excluding carboxylic acids is 3. The monoisotopic (exact) mass is 682 g/mol. The molecule has 0 aromatic carbocycles. The molecule has 2 N–H and O–H groups in total. The van der Waals surface area contributed by atoms with Crippen molar-refractivity contribution in [3.8, 4) is 0 Å². The van der Waals surface area contributed by atoms with Gasteiger partial charge in [0.05, 0.1) is 32.5 Å². The number of amides is 2. The second-order valence-electron chi connectivity index (χ2n) is 11.5. The summed E-state index contributed by atoms with van der Waals surface area (Å²) in [7, 11) is 3.70. The zero-order valence-electron chi connectivity index (χ0n) is 29.0. The summed E-state index contributed by atoms with van der Waals surface area (Å²) in [6.07, 6.45) is 6.38.